The van der Waals surface area contributed by atoms with E-state index in [9.17, 15) is 9.90 Å². The molecule has 2 fully saturated rings. The van der Waals surface area contributed by atoms with E-state index in [0.717, 1.165) is 31.2 Å². The Morgan fingerprint density at radius 2 is 1.66 bits per heavy atom. The molecule has 4 rings (SSSR count). The third-order valence-electron chi connectivity index (χ3n) is 6.97. The standard InChI is InChI=1S/C26H35ClN2O3/c1-17-12-15-20(27)25(32-16-18-10-8-6-4-3-5-7-9-11-18)21(17)22-24(30)23(19-13-14-19)28-29(2)26(22)31/h12,15,18-19,30H,3-11,13-14,16H2,1-2H3. The number of aryl methyl sites for hydroxylation is 2. The fourth-order valence-corrected chi connectivity index (χ4v) is 5.08. The second-order valence-corrected chi connectivity index (χ2v) is 10.0. The molecule has 0 amide bonds. The van der Waals surface area contributed by atoms with E-state index in [-0.39, 0.29) is 22.8 Å². The smallest absolute Gasteiger partial charge is 0.278 e. The highest BCUT2D eigenvalue weighted by molar-refractivity contribution is 6.32. The lowest BCUT2D eigenvalue weighted by atomic mass is 9.93. The summed E-state index contributed by atoms with van der Waals surface area (Å²) >= 11 is 6.60. The summed E-state index contributed by atoms with van der Waals surface area (Å²) in [5, 5.41) is 15.9. The molecule has 0 saturated heterocycles. The van der Waals surface area contributed by atoms with Crippen LogP contribution in [0.4, 0.5) is 0 Å². The molecule has 2 aliphatic carbocycles. The summed E-state index contributed by atoms with van der Waals surface area (Å²) in [6.45, 7) is 2.51. The maximum atomic E-state index is 13.1. The third kappa shape index (κ3) is 5.14. The maximum absolute atomic E-state index is 13.1. The quantitative estimate of drug-likeness (QED) is 0.554. The van der Waals surface area contributed by atoms with Gasteiger partial charge < -0.3 is 9.84 Å². The van der Waals surface area contributed by atoms with Crippen molar-refractivity contribution in [3.05, 3.63) is 38.8 Å². The average Bonchev–Trinajstić information content (AvgIpc) is 3.62. The molecular formula is C26H35ClN2O3. The van der Waals surface area contributed by atoms with E-state index >= 15 is 0 Å². The van der Waals surface area contributed by atoms with Crippen LogP contribution in [0.3, 0.4) is 0 Å². The number of benzene rings is 1. The zero-order chi connectivity index (χ0) is 22.7. The van der Waals surface area contributed by atoms with Gasteiger partial charge in [0.05, 0.1) is 17.2 Å². The molecular weight excluding hydrogens is 424 g/mol. The summed E-state index contributed by atoms with van der Waals surface area (Å²) in [4.78, 5) is 13.1. The Labute approximate surface area is 195 Å². The first-order chi connectivity index (χ1) is 15.5. The van der Waals surface area contributed by atoms with Crippen molar-refractivity contribution in [3.63, 3.8) is 0 Å². The highest BCUT2D eigenvalue weighted by Gasteiger charge is 2.32. The number of hydrogen-bond donors (Lipinski definition) is 1. The van der Waals surface area contributed by atoms with Crippen LogP contribution < -0.4 is 10.3 Å². The third-order valence-corrected chi connectivity index (χ3v) is 7.26. The first kappa shape index (κ1) is 23.2. The lowest BCUT2D eigenvalue weighted by molar-refractivity contribution is 0.223. The van der Waals surface area contributed by atoms with Crippen molar-refractivity contribution >= 4 is 11.6 Å². The molecule has 1 heterocycles. The van der Waals surface area contributed by atoms with Gasteiger partial charge in [0.2, 0.25) is 0 Å². The molecule has 2 aromatic rings. The minimum Gasteiger partial charge on any atom is -0.505 e. The van der Waals surface area contributed by atoms with Crippen LogP contribution in [0.15, 0.2) is 16.9 Å². The van der Waals surface area contributed by atoms with Crippen LogP contribution in [0.5, 0.6) is 11.5 Å². The molecule has 2 saturated carbocycles. The van der Waals surface area contributed by atoms with Crippen LogP contribution in [-0.2, 0) is 7.05 Å². The van der Waals surface area contributed by atoms with Crippen LogP contribution in [0.25, 0.3) is 11.1 Å². The van der Waals surface area contributed by atoms with Crippen molar-refractivity contribution in [2.45, 2.75) is 83.5 Å². The molecule has 6 heteroatoms. The average molecular weight is 459 g/mol. The van der Waals surface area contributed by atoms with Gasteiger partial charge in [-0.3, -0.25) is 4.79 Å². The first-order valence-electron chi connectivity index (χ1n) is 12.2. The van der Waals surface area contributed by atoms with E-state index in [2.05, 4.69) is 5.10 Å². The summed E-state index contributed by atoms with van der Waals surface area (Å²) in [5.41, 5.74) is 1.97. The zero-order valence-electron chi connectivity index (χ0n) is 19.3. The topological polar surface area (TPSA) is 64.3 Å². The van der Waals surface area contributed by atoms with Crippen molar-refractivity contribution in [2.75, 3.05) is 6.61 Å². The lowest BCUT2D eigenvalue weighted by Gasteiger charge is -2.22. The lowest BCUT2D eigenvalue weighted by Crippen LogP contribution is -2.23. The molecule has 5 nitrogen and oxygen atoms in total. The van der Waals surface area contributed by atoms with Gasteiger partial charge in [0.25, 0.3) is 5.56 Å². The molecule has 174 valence electrons. The van der Waals surface area contributed by atoms with E-state index < -0.39 is 0 Å². The van der Waals surface area contributed by atoms with E-state index in [1.54, 1.807) is 7.05 Å². The number of nitrogens with zero attached hydrogens (tertiary/aromatic N) is 2. The Bertz CT molecular complexity index is 1000. The Kier molecular flexibility index (Phi) is 7.44. The number of hydrogen-bond acceptors (Lipinski definition) is 4. The van der Waals surface area contributed by atoms with Crippen LogP contribution >= 0.6 is 11.6 Å². The molecule has 0 atom stereocenters. The van der Waals surface area contributed by atoms with E-state index in [4.69, 9.17) is 16.3 Å². The summed E-state index contributed by atoms with van der Waals surface area (Å²) in [5.74, 6) is 1.18. The summed E-state index contributed by atoms with van der Waals surface area (Å²) in [6.07, 6.45) is 13.4. The molecule has 32 heavy (non-hydrogen) atoms. The molecule has 1 aromatic carbocycles. The Morgan fingerprint density at radius 1 is 1.03 bits per heavy atom. The largest absolute Gasteiger partial charge is 0.505 e. The van der Waals surface area contributed by atoms with Gasteiger partial charge in [0.1, 0.15) is 11.4 Å². The highest BCUT2D eigenvalue weighted by Crippen LogP contribution is 2.47. The van der Waals surface area contributed by atoms with Crippen molar-refractivity contribution < 1.29 is 9.84 Å². The predicted molar refractivity (Wildman–Crippen MR) is 129 cm³/mol. The highest BCUT2D eigenvalue weighted by atomic mass is 35.5. The van der Waals surface area contributed by atoms with E-state index in [1.165, 1.54) is 49.6 Å². The van der Waals surface area contributed by atoms with Gasteiger partial charge in [-0.05, 0) is 50.2 Å². The van der Waals surface area contributed by atoms with Crippen molar-refractivity contribution in [2.24, 2.45) is 13.0 Å². The van der Waals surface area contributed by atoms with Crippen LogP contribution in [0.2, 0.25) is 5.02 Å². The van der Waals surface area contributed by atoms with E-state index in [0.29, 0.717) is 34.6 Å². The van der Waals surface area contributed by atoms with Crippen LogP contribution in [0.1, 0.15) is 87.8 Å². The molecule has 1 N–H and O–H groups in total. The van der Waals surface area contributed by atoms with Gasteiger partial charge in [-0.15, -0.1) is 0 Å². The SMILES string of the molecule is Cc1ccc(Cl)c(OCC2CCCCCCCCC2)c1-c1c(O)c(C2CC2)nn(C)c1=O. The number of ether oxygens (including phenoxy) is 1. The fraction of sp³-hybridized carbons (Fsp3) is 0.615. The van der Waals surface area contributed by atoms with Crippen LogP contribution in [-0.4, -0.2) is 21.5 Å². The van der Waals surface area contributed by atoms with E-state index in [1.807, 2.05) is 19.1 Å². The second kappa shape index (κ2) is 10.3. The Morgan fingerprint density at radius 3 is 2.28 bits per heavy atom. The first-order valence-corrected chi connectivity index (χ1v) is 12.6. The molecule has 0 radical (unpaired) electrons. The molecule has 0 aliphatic heterocycles. The Hall–Kier alpha value is -2.01. The monoisotopic (exact) mass is 458 g/mol. The predicted octanol–water partition coefficient (Wildman–Crippen LogP) is 6.51. The van der Waals surface area contributed by atoms with Gasteiger partial charge in [0, 0.05) is 18.5 Å². The Balaban J connectivity index is 1.67. The van der Waals surface area contributed by atoms with Gasteiger partial charge in [-0.25, -0.2) is 4.68 Å². The van der Waals surface area contributed by atoms with Crippen molar-refractivity contribution in [3.8, 4) is 22.6 Å². The number of aromatic hydroxyl groups is 1. The number of aromatic nitrogens is 2. The molecule has 0 unspecified atom stereocenters. The fourth-order valence-electron chi connectivity index (χ4n) is 4.87. The number of rotatable bonds is 5. The van der Waals surface area contributed by atoms with Gasteiger partial charge in [-0.2, -0.15) is 5.10 Å². The summed E-state index contributed by atoms with van der Waals surface area (Å²) in [6, 6.07) is 3.69. The van der Waals surface area contributed by atoms with Gasteiger partial charge >= 0.3 is 0 Å². The molecule has 0 bridgehead atoms. The van der Waals surface area contributed by atoms with Crippen molar-refractivity contribution in [1.29, 1.82) is 0 Å². The second-order valence-electron chi connectivity index (χ2n) is 9.61. The zero-order valence-corrected chi connectivity index (χ0v) is 20.1. The van der Waals surface area contributed by atoms with Gasteiger partial charge in [0.15, 0.2) is 5.75 Å². The summed E-state index contributed by atoms with van der Waals surface area (Å²) in [7, 11) is 1.64. The minimum atomic E-state index is -0.333. The number of halogens is 1. The summed E-state index contributed by atoms with van der Waals surface area (Å²) < 4.78 is 7.69. The maximum Gasteiger partial charge on any atom is 0.278 e. The van der Waals surface area contributed by atoms with Crippen molar-refractivity contribution in [1.82, 2.24) is 9.78 Å². The molecule has 2 aliphatic rings. The molecule has 0 spiro atoms. The molecule has 1 aromatic heterocycles. The van der Waals surface area contributed by atoms with Gasteiger partial charge in [-0.1, -0.05) is 62.6 Å². The normalized spacial score (nSPS) is 18.5. The van der Waals surface area contributed by atoms with Crippen LogP contribution in [0, 0.1) is 12.8 Å². The minimum absolute atomic E-state index is 0.0236.